The van der Waals surface area contributed by atoms with Crippen LogP contribution in [0.3, 0.4) is 0 Å². The van der Waals surface area contributed by atoms with Gasteiger partial charge in [-0.05, 0) is 53.5 Å². The number of aromatic hydroxyl groups is 1. The monoisotopic (exact) mass is 297 g/mol. The number of fused-ring (bicyclic) bond motifs is 1. The third-order valence-corrected chi connectivity index (χ3v) is 3.38. The lowest BCUT2D eigenvalue weighted by molar-refractivity contribution is 0.130. The van der Waals surface area contributed by atoms with Crippen molar-refractivity contribution in [2.75, 3.05) is 0 Å². The van der Waals surface area contributed by atoms with Crippen molar-refractivity contribution in [3.63, 3.8) is 0 Å². The number of hydrogen-bond acceptors (Lipinski definition) is 6. The van der Waals surface area contributed by atoms with Crippen LogP contribution in [0.2, 0.25) is 0 Å². The third kappa shape index (κ3) is 2.90. The molecular weight excluding hydrogens is 282 g/mol. The number of nitrogens with zero attached hydrogens (tertiary/aromatic N) is 3. The fourth-order valence-corrected chi connectivity index (χ4v) is 2.01. The van der Waals surface area contributed by atoms with Crippen LogP contribution in [0.4, 0.5) is 0 Å². The molecule has 3 rings (SSSR count). The van der Waals surface area contributed by atoms with E-state index >= 15 is 0 Å². The van der Waals surface area contributed by atoms with E-state index in [1.54, 1.807) is 6.07 Å². The summed E-state index contributed by atoms with van der Waals surface area (Å²) in [7, 11) is 0. The number of benzene rings is 2. The highest BCUT2D eigenvalue weighted by Crippen LogP contribution is 2.18. The first-order valence-electron chi connectivity index (χ1n) is 6.81. The molecule has 1 heterocycles. The Balaban J connectivity index is 1.68. The number of aromatic nitrogens is 2. The molecule has 0 aliphatic carbocycles. The van der Waals surface area contributed by atoms with E-state index in [2.05, 4.69) is 20.1 Å². The first-order chi connectivity index (χ1) is 10.6. The van der Waals surface area contributed by atoms with Crippen molar-refractivity contribution in [2.45, 2.75) is 20.5 Å². The SMILES string of the molecule is C/C(=N\OCc1ccc2nonc2c1)c1ccc(C)c(O)c1. The van der Waals surface area contributed by atoms with E-state index in [1.807, 2.05) is 44.2 Å². The number of phenolic OH excluding ortho intramolecular Hbond substituents is 1. The van der Waals surface area contributed by atoms with Gasteiger partial charge in [-0.25, -0.2) is 4.63 Å². The van der Waals surface area contributed by atoms with Crippen molar-refractivity contribution < 1.29 is 14.6 Å². The van der Waals surface area contributed by atoms with Crippen LogP contribution in [0.15, 0.2) is 46.2 Å². The van der Waals surface area contributed by atoms with Gasteiger partial charge in [0.15, 0.2) is 0 Å². The lowest BCUT2D eigenvalue weighted by Crippen LogP contribution is -1.97. The van der Waals surface area contributed by atoms with Gasteiger partial charge in [-0.1, -0.05) is 23.4 Å². The van der Waals surface area contributed by atoms with Gasteiger partial charge in [-0.15, -0.1) is 0 Å². The highest BCUT2D eigenvalue weighted by Gasteiger charge is 2.04. The van der Waals surface area contributed by atoms with E-state index in [0.717, 1.165) is 16.7 Å². The zero-order chi connectivity index (χ0) is 15.5. The molecule has 0 spiro atoms. The van der Waals surface area contributed by atoms with E-state index in [0.29, 0.717) is 23.4 Å². The Bertz CT molecular complexity index is 840. The van der Waals surface area contributed by atoms with Crippen molar-refractivity contribution in [3.05, 3.63) is 53.1 Å². The first-order valence-corrected chi connectivity index (χ1v) is 6.81. The Hall–Kier alpha value is -2.89. The van der Waals surface area contributed by atoms with E-state index in [9.17, 15) is 5.11 Å². The number of rotatable bonds is 4. The molecule has 22 heavy (non-hydrogen) atoms. The molecule has 3 aromatic rings. The third-order valence-electron chi connectivity index (χ3n) is 3.38. The second kappa shape index (κ2) is 5.85. The quantitative estimate of drug-likeness (QED) is 0.591. The van der Waals surface area contributed by atoms with Gasteiger partial charge < -0.3 is 9.94 Å². The summed E-state index contributed by atoms with van der Waals surface area (Å²) in [6.07, 6.45) is 0. The van der Waals surface area contributed by atoms with E-state index in [4.69, 9.17) is 4.84 Å². The summed E-state index contributed by atoms with van der Waals surface area (Å²) in [6.45, 7) is 3.99. The Morgan fingerprint density at radius 1 is 1.18 bits per heavy atom. The molecule has 0 radical (unpaired) electrons. The normalized spacial score (nSPS) is 11.8. The average molecular weight is 297 g/mol. The molecule has 1 N–H and O–H groups in total. The van der Waals surface area contributed by atoms with Crippen LogP contribution in [0.1, 0.15) is 23.6 Å². The highest BCUT2D eigenvalue weighted by atomic mass is 16.6. The molecule has 0 saturated carbocycles. The van der Waals surface area contributed by atoms with Gasteiger partial charge in [0, 0.05) is 5.56 Å². The molecule has 6 nitrogen and oxygen atoms in total. The van der Waals surface area contributed by atoms with Gasteiger partial charge in [0.05, 0.1) is 5.71 Å². The Morgan fingerprint density at radius 2 is 2.00 bits per heavy atom. The first kappa shape index (κ1) is 14.1. The minimum atomic E-state index is 0.246. The van der Waals surface area contributed by atoms with Crippen molar-refractivity contribution in [2.24, 2.45) is 5.16 Å². The van der Waals surface area contributed by atoms with Crippen LogP contribution < -0.4 is 0 Å². The fraction of sp³-hybridized carbons (Fsp3) is 0.188. The van der Waals surface area contributed by atoms with Crippen molar-refractivity contribution >= 4 is 16.7 Å². The predicted octanol–water partition coefficient (Wildman–Crippen LogP) is 3.18. The van der Waals surface area contributed by atoms with Crippen LogP contribution in [-0.2, 0) is 11.4 Å². The molecular formula is C16H15N3O3. The lowest BCUT2D eigenvalue weighted by Gasteiger charge is -2.05. The van der Waals surface area contributed by atoms with Gasteiger partial charge in [-0.2, -0.15) is 0 Å². The maximum atomic E-state index is 9.72. The van der Waals surface area contributed by atoms with Gasteiger partial charge in [0.1, 0.15) is 23.4 Å². The Morgan fingerprint density at radius 3 is 2.82 bits per heavy atom. The standard InChI is InChI=1S/C16H15N3O3/c1-10-3-5-13(8-16(10)20)11(2)17-21-9-12-4-6-14-15(7-12)19-22-18-14/h3-8,20H,9H2,1-2H3/b17-11+. The van der Waals surface area contributed by atoms with Crippen LogP contribution in [0, 0.1) is 6.92 Å². The molecule has 0 fully saturated rings. The average Bonchev–Trinajstić information content (AvgIpc) is 2.97. The van der Waals surface area contributed by atoms with Crippen LogP contribution in [0.5, 0.6) is 5.75 Å². The largest absolute Gasteiger partial charge is 0.508 e. The number of hydrogen-bond donors (Lipinski definition) is 1. The van der Waals surface area contributed by atoms with E-state index in [-0.39, 0.29) is 5.75 Å². The summed E-state index contributed by atoms with van der Waals surface area (Å²) < 4.78 is 4.65. The minimum Gasteiger partial charge on any atom is -0.508 e. The van der Waals surface area contributed by atoms with Gasteiger partial charge in [-0.3, -0.25) is 0 Å². The molecule has 1 aromatic heterocycles. The summed E-state index contributed by atoms with van der Waals surface area (Å²) in [6, 6.07) is 11.0. The van der Waals surface area contributed by atoms with Crippen LogP contribution >= 0.6 is 0 Å². The fourth-order valence-electron chi connectivity index (χ4n) is 2.01. The molecule has 0 aliphatic rings. The zero-order valence-corrected chi connectivity index (χ0v) is 12.3. The van der Waals surface area contributed by atoms with E-state index < -0.39 is 0 Å². The second-order valence-electron chi connectivity index (χ2n) is 5.04. The van der Waals surface area contributed by atoms with Crippen LogP contribution in [-0.4, -0.2) is 21.1 Å². The molecule has 0 aliphatic heterocycles. The summed E-state index contributed by atoms with van der Waals surface area (Å²) in [5, 5.41) is 21.3. The second-order valence-corrected chi connectivity index (χ2v) is 5.04. The molecule has 6 heteroatoms. The molecule has 0 amide bonds. The van der Waals surface area contributed by atoms with Gasteiger partial charge in [0.25, 0.3) is 0 Å². The number of aryl methyl sites for hydroxylation is 1. The summed E-state index contributed by atoms with van der Waals surface area (Å²) in [4.78, 5) is 5.36. The smallest absolute Gasteiger partial charge is 0.142 e. The van der Waals surface area contributed by atoms with Crippen molar-refractivity contribution in [1.82, 2.24) is 10.3 Å². The van der Waals surface area contributed by atoms with Crippen molar-refractivity contribution in [1.29, 1.82) is 0 Å². The topological polar surface area (TPSA) is 80.7 Å². The summed E-state index contributed by atoms with van der Waals surface area (Å²) in [5.41, 5.74) is 4.65. The molecule has 112 valence electrons. The maximum Gasteiger partial charge on any atom is 0.142 e. The van der Waals surface area contributed by atoms with Crippen LogP contribution in [0.25, 0.3) is 11.0 Å². The number of phenols is 1. The summed E-state index contributed by atoms with van der Waals surface area (Å²) >= 11 is 0. The lowest BCUT2D eigenvalue weighted by atomic mass is 10.1. The number of oxime groups is 1. The molecule has 2 aromatic carbocycles. The zero-order valence-electron chi connectivity index (χ0n) is 12.3. The maximum absolute atomic E-state index is 9.72. The Labute approximate surface area is 127 Å². The molecule has 0 unspecified atom stereocenters. The highest BCUT2D eigenvalue weighted by molar-refractivity contribution is 5.98. The van der Waals surface area contributed by atoms with Gasteiger partial charge in [0.2, 0.25) is 0 Å². The van der Waals surface area contributed by atoms with E-state index in [1.165, 1.54) is 0 Å². The Kier molecular flexibility index (Phi) is 3.74. The molecule has 0 bridgehead atoms. The molecule has 0 atom stereocenters. The molecule has 0 saturated heterocycles. The van der Waals surface area contributed by atoms with Gasteiger partial charge >= 0.3 is 0 Å². The predicted molar refractivity (Wildman–Crippen MR) is 81.6 cm³/mol. The summed E-state index contributed by atoms with van der Waals surface area (Å²) in [5.74, 6) is 0.246. The minimum absolute atomic E-state index is 0.246. The van der Waals surface area contributed by atoms with Crippen molar-refractivity contribution in [3.8, 4) is 5.75 Å².